The van der Waals surface area contributed by atoms with Crippen LogP contribution in [-0.4, -0.2) is 11.0 Å². The summed E-state index contributed by atoms with van der Waals surface area (Å²) in [6.07, 6.45) is 1.67. The maximum atomic E-state index is 11.7. The molecule has 1 heterocycles. The minimum absolute atomic E-state index is 0.0587. The lowest BCUT2D eigenvalue weighted by Gasteiger charge is -2.07. The number of aromatic hydroxyl groups is 1. The Hall–Kier alpha value is -2.23. The van der Waals surface area contributed by atoms with Crippen LogP contribution in [0.15, 0.2) is 41.0 Å². The standard InChI is InChI=1S/C13H13NO3/c1-9-4-5-12(15)11(7-9)14-13(16)8-10-3-2-6-17-10/h2-7,15H,8H2,1H3,(H,14,16). The first kappa shape index (κ1) is 11.3. The molecule has 0 unspecified atom stereocenters. The quantitative estimate of drug-likeness (QED) is 0.798. The fraction of sp³-hybridized carbons (Fsp3) is 0.154. The van der Waals surface area contributed by atoms with Gasteiger partial charge in [0.25, 0.3) is 0 Å². The normalized spacial score (nSPS) is 10.2. The molecule has 2 N–H and O–H groups in total. The summed E-state index contributed by atoms with van der Waals surface area (Å²) in [5.74, 6) is 0.430. The van der Waals surface area contributed by atoms with Crippen LogP contribution in [-0.2, 0) is 11.2 Å². The first-order valence-corrected chi connectivity index (χ1v) is 5.27. The van der Waals surface area contributed by atoms with Crippen molar-refractivity contribution in [3.05, 3.63) is 47.9 Å². The van der Waals surface area contributed by atoms with Crippen molar-refractivity contribution in [3.63, 3.8) is 0 Å². The molecule has 4 heteroatoms. The third-order valence-corrected chi connectivity index (χ3v) is 2.34. The van der Waals surface area contributed by atoms with Gasteiger partial charge in [-0.25, -0.2) is 0 Å². The van der Waals surface area contributed by atoms with Crippen molar-refractivity contribution in [2.24, 2.45) is 0 Å². The topological polar surface area (TPSA) is 62.5 Å². The van der Waals surface area contributed by atoms with Crippen LogP contribution in [0.1, 0.15) is 11.3 Å². The zero-order valence-corrected chi connectivity index (χ0v) is 9.43. The van der Waals surface area contributed by atoms with Gasteiger partial charge in [-0.15, -0.1) is 0 Å². The number of carbonyl (C=O) groups excluding carboxylic acids is 1. The average molecular weight is 231 g/mol. The lowest BCUT2D eigenvalue weighted by Crippen LogP contribution is -2.14. The lowest BCUT2D eigenvalue weighted by molar-refractivity contribution is -0.115. The Morgan fingerprint density at radius 3 is 2.94 bits per heavy atom. The van der Waals surface area contributed by atoms with Crippen molar-refractivity contribution in [1.29, 1.82) is 0 Å². The first-order valence-electron chi connectivity index (χ1n) is 5.27. The van der Waals surface area contributed by atoms with Crippen molar-refractivity contribution in [3.8, 4) is 5.75 Å². The van der Waals surface area contributed by atoms with Crippen LogP contribution in [0.2, 0.25) is 0 Å². The summed E-state index contributed by atoms with van der Waals surface area (Å²) in [7, 11) is 0. The average Bonchev–Trinajstić information content (AvgIpc) is 2.76. The maximum Gasteiger partial charge on any atom is 0.232 e. The van der Waals surface area contributed by atoms with Gasteiger partial charge in [-0.3, -0.25) is 4.79 Å². The van der Waals surface area contributed by atoms with Crippen molar-refractivity contribution in [2.75, 3.05) is 5.32 Å². The number of phenols is 1. The summed E-state index contributed by atoms with van der Waals surface area (Å²) < 4.78 is 5.07. The second kappa shape index (κ2) is 4.74. The Kier molecular flexibility index (Phi) is 3.14. The Balaban J connectivity index is 2.05. The zero-order chi connectivity index (χ0) is 12.3. The van der Waals surface area contributed by atoms with Gasteiger partial charge < -0.3 is 14.8 Å². The molecule has 2 rings (SSSR count). The van der Waals surface area contributed by atoms with Crippen LogP contribution >= 0.6 is 0 Å². The van der Waals surface area contributed by atoms with Crippen molar-refractivity contribution in [2.45, 2.75) is 13.3 Å². The molecule has 0 aliphatic heterocycles. The second-order valence-electron chi connectivity index (χ2n) is 3.82. The van der Waals surface area contributed by atoms with E-state index >= 15 is 0 Å². The van der Waals surface area contributed by atoms with E-state index in [0.29, 0.717) is 11.4 Å². The van der Waals surface area contributed by atoms with E-state index in [-0.39, 0.29) is 18.1 Å². The highest BCUT2D eigenvalue weighted by Gasteiger charge is 2.08. The summed E-state index contributed by atoms with van der Waals surface area (Å²) in [5, 5.41) is 12.2. The van der Waals surface area contributed by atoms with Crippen molar-refractivity contribution in [1.82, 2.24) is 0 Å². The Morgan fingerprint density at radius 2 is 2.24 bits per heavy atom. The molecule has 0 spiro atoms. The molecule has 0 radical (unpaired) electrons. The third kappa shape index (κ3) is 2.87. The SMILES string of the molecule is Cc1ccc(O)c(NC(=O)Cc2ccco2)c1. The van der Waals surface area contributed by atoms with E-state index in [2.05, 4.69) is 5.32 Å². The molecule has 17 heavy (non-hydrogen) atoms. The summed E-state index contributed by atoms with van der Waals surface area (Å²) in [6, 6.07) is 8.51. The lowest BCUT2D eigenvalue weighted by atomic mass is 10.2. The minimum Gasteiger partial charge on any atom is -0.506 e. The van der Waals surface area contributed by atoms with Gasteiger partial charge in [0.1, 0.15) is 11.5 Å². The number of aryl methyl sites for hydroxylation is 1. The molecule has 2 aromatic rings. The highest BCUT2D eigenvalue weighted by Crippen LogP contribution is 2.23. The van der Waals surface area contributed by atoms with Crippen molar-refractivity contribution < 1.29 is 14.3 Å². The van der Waals surface area contributed by atoms with Crippen LogP contribution in [0, 0.1) is 6.92 Å². The number of anilines is 1. The molecular formula is C13H13NO3. The summed E-state index contributed by atoms with van der Waals surface area (Å²) in [4.78, 5) is 11.7. The number of hydrogen-bond donors (Lipinski definition) is 2. The molecule has 88 valence electrons. The van der Waals surface area contributed by atoms with Crippen LogP contribution in [0.4, 0.5) is 5.69 Å². The van der Waals surface area contributed by atoms with Gasteiger partial charge in [0.05, 0.1) is 18.4 Å². The zero-order valence-electron chi connectivity index (χ0n) is 9.43. The predicted molar refractivity (Wildman–Crippen MR) is 63.9 cm³/mol. The molecule has 0 aliphatic carbocycles. The van der Waals surface area contributed by atoms with Crippen molar-refractivity contribution >= 4 is 11.6 Å². The first-order chi connectivity index (χ1) is 8.15. The van der Waals surface area contributed by atoms with Gasteiger partial charge in [0, 0.05) is 0 Å². The smallest absolute Gasteiger partial charge is 0.232 e. The number of amides is 1. The van der Waals surface area contributed by atoms with E-state index < -0.39 is 0 Å². The van der Waals surface area contributed by atoms with Gasteiger partial charge in [-0.05, 0) is 36.8 Å². The summed E-state index contributed by atoms with van der Waals surface area (Å²) >= 11 is 0. The van der Waals surface area contributed by atoms with Crippen LogP contribution in [0.5, 0.6) is 5.75 Å². The van der Waals surface area contributed by atoms with E-state index in [1.807, 2.05) is 6.92 Å². The monoisotopic (exact) mass is 231 g/mol. The number of nitrogens with one attached hydrogen (secondary N) is 1. The molecule has 1 aromatic carbocycles. The largest absolute Gasteiger partial charge is 0.506 e. The van der Waals surface area contributed by atoms with Gasteiger partial charge in [0.2, 0.25) is 5.91 Å². The molecule has 0 fully saturated rings. The van der Waals surface area contributed by atoms with Crippen LogP contribution < -0.4 is 5.32 Å². The fourth-order valence-corrected chi connectivity index (χ4v) is 1.52. The molecule has 0 saturated heterocycles. The molecular weight excluding hydrogens is 218 g/mol. The predicted octanol–water partition coefficient (Wildman–Crippen LogP) is 2.47. The highest BCUT2D eigenvalue weighted by molar-refractivity contribution is 5.93. The highest BCUT2D eigenvalue weighted by atomic mass is 16.3. The van der Waals surface area contributed by atoms with E-state index in [4.69, 9.17) is 4.42 Å². The fourth-order valence-electron chi connectivity index (χ4n) is 1.52. The van der Waals surface area contributed by atoms with Gasteiger partial charge in [-0.1, -0.05) is 6.07 Å². The van der Waals surface area contributed by atoms with E-state index in [1.54, 1.807) is 30.3 Å². The molecule has 0 bridgehead atoms. The van der Waals surface area contributed by atoms with Gasteiger partial charge in [0.15, 0.2) is 0 Å². The molecule has 0 aliphatic rings. The number of hydrogen-bond acceptors (Lipinski definition) is 3. The number of furan rings is 1. The summed E-state index contributed by atoms with van der Waals surface area (Å²) in [5.41, 5.74) is 1.39. The molecule has 4 nitrogen and oxygen atoms in total. The van der Waals surface area contributed by atoms with Crippen LogP contribution in [0.25, 0.3) is 0 Å². The number of benzene rings is 1. The van der Waals surface area contributed by atoms with Gasteiger partial charge in [-0.2, -0.15) is 0 Å². The molecule has 0 atom stereocenters. The second-order valence-corrected chi connectivity index (χ2v) is 3.82. The van der Waals surface area contributed by atoms with Crippen LogP contribution in [0.3, 0.4) is 0 Å². The van der Waals surface area contributed by atoms with Gasteiger partial charge >= 0.3 is 0 Å². The Morgan fingerprint density at radius 1 is 1.41 bits per heavy atom. The van der Waals surface area contributed by atoms with E-state index in [9.17, 15) is 9.90 Å². The van der Waals surface area contributed by atoms with E-state index in [0.717, 1.165) is 5.56 Å². The van der Waals surface area contributed by atoms with E-state index in [1.165, 1.54) is 6.26 Å². The Bertz CT molecular complexity index is 517. The molecule has 1 aromatic heterocycles. The maximum absolute atomic E-state index is 11.7. The minimum atomic E-state index is -0.221. The molecule has 0 saturated carbocycles. The summed E-state index contributed by atoms with van der Waals surface area (Å²) in [6.45, 7) is 1.89. The molecule has 1 amide bonds. The Labute approximate surface area is 98.9 Å². The number of phenolic OH excluding ortho intramolecular Hbond substituents is 1. The number of carbonyl (C=O) groups is 1. The number of rotatable bonds is 3. The third-order valence-electron chi connectivity index (χ3n) is 2.34.